The lowest BCUT2D eigenvalue weighted by Gasteiger charge is -2.35. The predicted octanol–water partition coefficient (Wildman–Crippen LogP) is 6.11. The molecule has 6 heteroatoms. The number of hydrogen-bond acceptors (Lipinski definition) is 4. The molecular formula is C30H38FN5. The van der Waals surface area contributed by atoms with E-state index < -0.39 is 0 Å². The van der Waals surface area contributed by atoms with Gasteiger partial charge in [0.15, 0.2) is 0 Å². The van der Waals surface area contributed by atoms with E-state index in [4.69, 9.17) is 10.7 Å². The van der Waals surface area contributed by atoms with E-state index in [9.17, 15) is 4.39 Å². The summed E-state index contributed by atoms with van der Waals surface area (Å²) in [7, 11) is 2.15. The Kier molecular flexibility index (Phi) is 7.15. The Balaban J connectivity index is 1.55. The predicted molar refractivity (Wildman–Crippen MR) is 150 cm³/mol. The number of piperidine rings is 1. The van der Waals surface area contributed by atoms with E-state index in [1.54, 1.807) is 12.1 Å². The van der Waals surface area contributed by atoms with Crippen LogP contribution >= 0.6 is 0 Å². The first-order chi connectivity index (χ1) is 17.4. The second-order valence-corrected chi connectivity index (χ2v) is 10.4. The summed E-state index contributed by atoms with van der Waals surface area (Å²) in [6.45, 7) is 10.4. The molecule has 3 heterocycles. The number of hydrogen-bond donors (Lipinski definition) is 1. The van der Waals surface area contributed by atoms with Gasteiger partial charge < -0.3 is 20.1 Å². The zero-order valence-corrected chi connectivity index (χ0v) is 21.6. The minimum atomic E-state index is -0.210. The molecule has 0 saturated carbocycles. The summed E-state index contributed by atoms with van der Waals surface area (Å²) >= 11 is 0. The van der Waals surface area contributed by atoms with Gasteiger partial charge in [-0.15, -0.1) is 0 Å². The van der Waals surface area contributed by atoms with Crippen LogP contribution in [0.5, 0.6) is 0 Å². The Morgan fingerprint density at radius 1 is 1.19 bits per heavy atom. The number of aliphatic imine (C=N–C) groups is 1. The van der Waals surface area contributed by atoms with Crippen LogP contribution in [0.25, 0.3) is 16.6 Å². The van der Waals surface area contributed by atoms with Gasteiger partial charge in [0.2, 0.25) is 0 Å². The molecule has 2 N–H and O–H groups in total. The number of halogens is 1. The molecule has 1 atom stereocenters. The first-order valence-corrected chi connectivity index (χ1v) is 13.4. The van der Waals surface area contributed by atoms with Crippen LogP contribution in [-0.2, 0) is 13.0 Å². The summed E-state index contributed by atoms with van der Waals surface area (Å²) in [4.78, 5) is 9.71. The number of nitrogens with zero attached hydrogens (tertiary/aromatic N) is 4. The van der Waals surface area contributed by atoms with Crippen molar-refractivity contribution in [3.63, 3.8) is 0 Å². The molecule has 0 bridgehead atoms. The van der Waals surface area contributed by atoms with Crippen molar-refractivity contribution in [3.05, 3.63) is 65.6 Å². The van der Waals surface area contributed by atoms with Crippen molar-refractivity contribution in [1.82, 2.24) is 9.47 Å². The smallest absolute Gasteiger partial charge is 0.123 e. The maximum absolute atomic E-state index is 13.9. The van der Waals surface area contributed by atoms with Crippen molar-refractivity contribution < 1.29 is 4.39 Å². The number of aromatic nitrogens is 1. The molecular weight excluding hydrogens is 449 g/mol. The highest BCUT2D eigenvalue weighted by Crippen LogP contribution is 2.39. The normalized spacial score (nSPS) is 18.3. The Bertz CT molecular complexity index is 1290. The van der Waals surface area contributed by atoms with Crippen molar-refractivity contribution in [3.8, 4) is 0 Å². The number of likely N-dealkylation sites (tertiary alicyclic amines) is 1. The van der Waals surface area contributed by atoms with Crippen molar-refractivity contribution >= 4 is 34.2 Å². The van der Waals surface area contributed by atoms with Gasteiger partial charge in [0, 0.05) is 55.9 Å². The standard InChI is InChI=1S/C30H38FN5/c1-4-5-14-36-27(17-24-16-25(31)10-11-29(24)36)19-33-28-18-23(15-22-8-6-12-34(3)30(22)28)21(2)35-13-7-9-26(32)20-35/h10-11,15-19,26H,2,4-9,12-14,20,32H2,1,3H3/b33-19+. The number of anilines is 1. The maximum Gasteiger partial charge on any atom is 0.123 e. The molecule has 1 fully saturated rings. The maximum atomic E-state index is 13.9. The number of benzene rings is 2. The molecule has 0 radical (unpaired) electrons. The van der Waals surface area contributed by atoms with Crippen LogP contribution in [0.2, 0.25) is 0 Å². The fourth-order valence-electron chi connectivity index (χ4n) is 5.70. The zero-order chi connectivity index (χ0) is 25.2. The van der Waals surface area contributed by atoms with Crippen molar-refractivity contribution in [2.75, 3.05) is 31.6 Å². The van der Waals surface area contributed by atoms with E-state index in [1.807, 2.05) is 18.3 Å². The lowest BCUT2D eigenvalue weighted by Crippen LogP contribution is -2.41. The first-order valence-electron chi connectivity index (χ1n) is 13.4. The number of aryl methyl sites for hydroxylation is 2. The van der Waals surface area contributed by atoms with E-state index >= 15 is 0 Å². The van der Waals surface area contributed by atoms with Crippen LogP contribution in [-0.4, -0.2) is 48.4 Å². The molecule has 5 nitrogen and oxygen atoms in total. The third kappa shape index (κ3) is 4.92. The number of rotatable bonds is 7. The zero-order valence-electron chi connectivity index (χ0n) is 21.6. The van der Waals surface area contributed by atoms with Crippen LogP contribution in [0, 0.1) is 5.82 Å². The highest BCUT2D eigenvalue weighted by atomic mass is 19.1. The molecule has 2 aromatic carbocycles. The summed E-state index contributed by atoms with van der Waals surface area (Å²) < 4.78 is 16.2. The molecule has 2 aliphatic rings. The minimum absolute atomic E-state index is 0.201. The van der Waals surface area contributed by atoms with E-state index in [1.165, 1.54) is 11.3 Å². The highest BCUT2D eigenvalue weighted by Gasteiger charge is 2.23. The summed E-state index contributed by atoms with van der Waals surface area (Å²) in [6.07, 6.45) is 8.46. The van der Waals surface area contributed by atoms with Crippen LogP contribution in [0.4, 0.5) is 15.8 Å². The van der Waals surface area contributed by atoms with Gasteiger partial charge in [-0.2, -0.15) is 0 Å². The number of nitrogens with two attached hydrogens (primary N) is 1. The molecule has 5 rings (SSSR count). The third-order valence-corrected chi connectivity index (χ3v) is 7.63. The fourth-order valence-corrected chi connectivity index (χ4v) is 5.70. The quantitative estimate of drug-likeness (QED) is 0.409. The molecule has 3 aromatic rings. The third-order valence-electron chi connectivity index (χ3n) is 7.63. The molecule has 1 aromatic heterocycles. The van der Waals surface area contributed by atoms with Crippen molar-refractivity contribution in [1.29, 1.82) is 0 Å². The monoisotopic (exact) mass is 487 g/mol. The molecule has 36 heavy (non-hydrogen) atoms. The highest BCUT2D eigenvalue weighted by molar-refractivity contribution is 5.93. The second kappa shape index (κ2) is 10.5. The average molecular weight is 488 g/mol. The molecule has 1 saturated heterocycles. The summed E-state index contributed by atoms with van der Waals surface area (Å²) in [5.74, 6) is -0.210. The minimum Gasteiger partial charge on any atom is -0.373 e. The van der Waals surface area contributed by atoms with E-state index in [0.717, 1.165) is 98.2 Å². The van der Waals surface area contributed by atoms with Crippen molar-refractivity contribution in [2.24, 2.45) is 10.7 Å². The van der Waals surface area contributed by atoms with Gasteiger partial charge >= 0.3 is 0 Å². The topological polar surface area (TPSA) is 49.8 Å². The SMILES string of the molecule is C=C(c1cc2c(c(/N=C/c3cc4cc(F)ccc4n3CCCC)c1)N(C)CCC2)N1CCCC(N)C1. The Morgan fingerprint density at radius 2 is 2.06 bits per heavy atom. The van der Waals surface area contributed by atoms with Gasteiger partial charge in [0.25, 0.3) is 0 Å². The number of fused-ring (bicyclic) bond motifs is 2. The molecule has 0 amide bonds. The first kappa shape index (κ1) is 24.6. The summed E-state index contributed by atoms with van der Waals surface area (Å²) in [6, 6.07) is 11.8. The van der Waals surface area contributed by atoms with E-state index in [2.05, 4.69) is 47.0 Å². The van der Waals surface area contributed by atoms with Crippen LogP contribution in [0.15, 0.2) is 48.0 Å². The molecule has 0 spiro atoms. The van der Waals surface area contributed by atoms with Gasteiger partial charge in [-0.25, -0.2) is 4.39 Å². The average Bonchev–Trinajstić information content (AvgIpc) is 3.21. The fraction of sp³-hybridized carbons (Fsp3) is 0.433. The van der Waals surface area contributed by atoms with E-state index in [-0.39, 0.29) is 11.9 Å². The van der Waals surface area contributed by atoms with Gasteiger partial charge in [-0.3, -0.25) is 4.99 Å². The lowest BCUT2D eigenvalue weighted by molar-refractivity contribution is 0.296. The van der Waals surface area contributed by atoms with Crippen molar-refractivity contribution in [2.45, 2.75) is 58.0 Å². The Morgan fingerprint density at radius 3 is 2.86 bits per heavy atom. The second-order valence-electron chi connectivity index (χ2n) is 10.4. The molecule has 1 unspecified atom stereocenters. The van der Waals surface area contributed by atoms with Crippen LogP contribution in [0.1, 0.15) is 55.8 Å². The molecule has 190 valence electrons. The van der Waals surface area contributed by atoms with Crippen LogP contribution in [0.3, 0.4) is 0 Å². The Hall–Kier alpha value is -3.12. The van der Waals surface area contributed by atoms with Gasteiger partial charge in [-0.1, -0.05) is 19.9 Å². The number of unbranched alkanes of at least 4 members (excludes halogenated alkanes) is 1. The lowest BCUT2D eigenvalue weighted by atomic mass is 9.96. The van der Waals surface area contributed by atoms with Gasteiger partial charge in [0.05, 0.1) is 23.3 Å². The summed E-state index contributed by atoms with van der Waals surface area (Å²) in [5, 5.41) is 0.912. The van der Waals surface area contributed by atoms with Gasteiger partial charge in [0.1, 0.15) is 5.82 Å². The largest absolute Gasteiger partial charge is 0.373 e. The molecule has 0 aliphatic carbocycles. The Labute approximate surface area is 214 Å². The van der Waals surface area contributed by atoms with Gasteiger partial charge in [-0.05, 0) is 79.6 Å². The van der Waals surface area contributed by atoms with E-state index in [0.29, 0.717) is 0 Å². The molecule has 2 aliphatic heterocycles. The summed E-state index contributed by atoms with van der Waals surface area (Å²) in [5.41, 5.74) is 14.0. The van der Waals surface area contributed by atoms with Crippen LogP contribution < -0.4 is 10.6 Å².